The molecule has 1 aromatic rings. The molecule has 0 fully saturated rings. The maximum atomic E-state index is 10.8. The van der Waals surface area contributed by atoms with Gasteiger partial charge in [0.1, 0.15) is 11.9 Å². The van der Waals surface area contributed by atoms with Gasteiger partial charge in [-0.1, -0.05) is 18.2 Å². The maximum absolute atomic E-state index is 10.8. The Hall–Kier alpha value is -1.57. The van der Waals surface area contributed by atoms with E-state index in [4.69, 9.17) is 4.74 Å². The highest BCUT2D eigenvalue weighted by Crippen LogP contribution is 2.21. The summed E-state index contributed by atoms with van der Waals surface area (Å²) in [6, 6.07) is 7.34. The lowest BCUT2D eigenvalue weighted by Gasteiger charge is -2.19. The largest absolute Gasteiger partial charge is 0.486 e. The molecule has 1 aliphatic carbocycles. The fraction of sp³-hybridized carbons (Fsp3) is 0.308. The monoisotopic (exact) mass is 202 g/mol. The third-order valence-electron chi connectivity index (χ3n) is 2.53. The predicted molar refractivity (Wildman–Crippen MR) is 59.2 cm³/mol. The summed E-state index contributed by atoms with van der Waals surface area (Å²) in [5.41, 5.74) is 0.622. The Kier molecular flexibility index (Phi) is 3.18. The van der Waals surface area contributed by atoms with Crippen LogP contribution in [0.2, 0.25) is 0 Å². The summed E-state index contributed by atoms with van der Waals surface area (Å²) in [4.78, 5) is 10.8. The average Bonchev–Trinajstić information content (AvgIpc) is 2.31. The van der Waals surface area contributed by atoms with Crippen LogP contribution in [-0.4, -0.2) is 12.4 Å². The van der Waals surface area contributed by atoms with Gasteiger partial charge in [-0.05, 0) is 37.5 Å². The van der Waals surface area contributed by atoms with Crippen molar-refractivity contribution in [3.05, 3.63) is 42.0 Å². The number of carbonyl (C=O) groups is 1. The topological polar surface area (TPSA) is 26.3 Å². The zero-order valence-electron chi connectivity index (χ0n) is 8.56. The van der Waals surface area contributed by atoms with Gasteiger partial charge in [-0.25, -0.2) is 0 Å². The van der Waals surface area contributed by atoms with Gasteiger partial charge in [0.15, 0.2) is 6.29 Å². The van der Waals surface area contributed by atoms with Crippen molar-refractivity contribution in [3.8, 4) is 5.75 Å². The Balaban J connectivity index is 2.12. The minimum Gasteiger partial charge on any atom is -0.486 e. The molecular formula is C13H14O2. The molecule has 0 radical (unpaired) electrons. The molecule has 0 spiro atoms. The predicted octanol–water partition coefficient (Wildman–Crippen LogP) is 2.99. The second kappa shape index (κ2) is 4.78. The van der Waals surface area contributed by atoms with Gasteiger partial charge in [-0.2, -0.15) is 0 Å². The first-order chi connectivity index (χ1) is 7.40. The van der Waals surface area contributed by atoms with Gasteiger partial charge in [0, 0.05) is 0 Å². The highest BCUT2D eigenvalue weighted by molar-refractivity contribution is 5.79. The molecule has 0 saturated heterocycles. The molecule has 0 unspecified atom stereocenters. The zero-order chi connectivity index (χ0) is 10.5. The van der Waals surface area contributed by atoms with Gasteiger partial charge < -0.3 is 4.74 Å². The van der Waals surface area contributed by atoms with Gasteiger partial charge in [0.05, 0.1) is 5.56 Å². The molecule has 78 valence electrons. The average molecular weight is 202 g/mol. The highest BCUT2D eigenvalue weighted by Gasteiger charge is 2.11. The lowest BCUT2D eigenvalue weighted by atomic mass is 10.1. The van der Waals surface area contributed by atoms with E-state index in [2.05, 4.69) is 12.2 Å². The first kappa shape index (κ1) is 9.97. The molecule has 2 heteroatoms. The van der Waals surface area contributed by atoms with Crippen molar-refractivity contribution >= 4 is 6.29 Å². The number of benzene rings is 1. The Bertz CT molecular complexity index is 369. The lowest BCUT2D eigenvalue weighted by Crippen LogP contribution is -2.16. The Morgan fingerprint density at radius 2 is 2.20 bits per heavy atom. The van der Waals surface area contributed by atoms with Crippen molar-refractivity contribution in [3.63, 3.8) is 0 Å². The number of aldehydes is 1. The third-order valence-corrected chi connectivity index (χ3v) is 2.53. The van der Waals surface area contributed by atoms with Crippen LogP contribution >= 0.6 is 0 Å². The molecule has 1 atom stereocenters. The van der Waals surface area contributed by atoms with E-state index in [1.165, 1.54) is 0 Å². The molecule has 0 aliphatic heterocycles. The van der Waals surface area contributed by atoms with Crippen LogP contribution in [0.1, 0.15) is 29.6 Å². The molecule has 2 rings (SSSR count). The number of rotatable bonds is 3. The van der Waals surface area contributed by atoms with Crippen LogP contribution in [0.25, 0.3) is 0 Å². The molecule has 1 aromatic carbocycles. The normalized spacial score (nSPS) is 19.9. The molecule has 0 heterocycles. The number of allylic oxidation sites excluding steroid dienone is 1. The fourth-order valence-electron chi connectivity index (χ4n) is 1.73. The summed E-state index contributed by atoms with van der Waals surface area (Å²) in [5.74, 6) is 0.684. The Morgan fingerprint density at radius 1 is 1.33 bits per heavy atom. The zero-order valence-corrected chi connectivity index (χ0v) is 8.56. The minimum absolute atomic E-state index is 0.125. The maximum Gasteiger partial charge on any atom is 0.153 e. The summed E-state index contributed by atoms with van der Waals surface area (Å²) < 4.78 is 5.76. The van der Waals surface area contributed by atoms with E-state index in [-0.39, 0.29) is 6.10 Å². The summed E-state index contributed by atoms with van der Waals surface area (Å²) in [5, 5.41) is 0. The standard InChI is InChI=1S/C13H14O2/c14-10-11-6-4-5-9-13(11)15-12-7-2-1-3-8-12/h2,4-7,9-10,12H,1,3,8H2/t12-/m0/s1. The van der Waals surface area contributed by atoms with Gasteiger partial charge in [0.25, 0.3) is 0 Å². The van der Waals surface area contributed by atoms with E-state index in [1.54, 1.807) is 6.07 Å². The number of carbonyl (C=O) groups excluding carboxylic acids is 1. The van der Waals surface area contributed by atoms with Crippen LogP contribution in [0.5, 0.6) is 5.75 Å². The van der Waals surface area contributed by atoms with Crippen molar-refractivity contribution in [2.45, 2.75) is 25.4 Å². The molecular weight excluding hydrogens is 188 g/mol. The fourth-order valence-corrected chi connectivity index (χ4v) is 1.73. The smallest absolute Gasteiger partial charge is 0.153 e. The van der Waals surface area contributed by atoms with Crippen molar-refractivity contribution in [2.75, 3.05) is 0 Å². The Labute approximate surface area is 89.6 Å². The van der Waals surface area contributed by atoms with Gasteiger partial charge in [-0.15, -0.1) is 0 Å². The molecule has 0 aromatic heterocycles. The molecule has 15 heavy (non-hydrogen) atoms. The molecule has 0 N–H and O–H groups in total. The van der Waals surface area contributed by atoms with E-state index in [1.807, 2.05) is 18.2 Å². The quantitative estimate of drug-likeness (QED) is 0.556. The van der Waals surface area contributed by atoms with E-state index < -0.39 is 0 Å². The summed E-state index contributed by atoms with van der Waals surface area (Å²) in [7, 11) is 0. The Morgan fingerprint density at radius 3 is 2.93 bits per heavy atom. The van der Waals surface area contributed by atoms with E-state index in [0.717, 1.165) is 25.5 Å². The summed E-state index contributed by atoms with van der Waals surface area (Å²) in [6.07, 6.45) is 8.49. The van der Waals surface area contributed by atoms with Crippen molar-refractivity contribution in [1.82, 2.24) is 0 Å². The first-order valence-electron chi connectivity index (χ1n) is 5.27. The van der Waals surface area contributed by atoms with Crippen LogP contribution in [0.15, 0.2) is 36.4 Å². The lowest BCUT2D eigenvalue weighted by molar-refractivity contribution is 0.111. The molecule has 1 aliphatic rings. The van der Waals surface area contributed by atoms with Crippen molar-refractivity contribution in [2.24, 2.45) is 0 Å². The van der Waals surface area contributed by atoms with E-state index in [0.29, 0.717) is 11.3 Å². The number of hydrogen-bond donors (Lipinski definition) is 0. The highest BCUT2D eigenvalue weighted by atomic mass is 16.5. The van der Waals surface area contributed by atoms with E-state index in [9.17, 15) is 4.79 Å². The van der Waals surface area contributed by atoms with Crippen LogP contribution in [-0.2, 0) is 0 Å². The van der Waals surface area contributed by atoms with E-state index >= 15 is 0 Å². The van der Waals surface area contributed by atoms with Gasteiger partial charge in [0.2, 0.25) is 0 Å². The van der Waals surface area contributed by atoms with Crippen LogP contribution < -0.4 is 4.74 Å². The van der Waals surface area contributed by atoms with Crippen molar-refractivity contribution < 1.29 is 9.53 Å². The van der Waals surface area contributed by atoms with Crippen molar-refractivity contribution in [1.29, 1.82) is 0 Å². The molecule has 2 nitrogen and oxygen atoms in total. The SMILES string of the molecule is O=Cc1ccccc1O[C@H]1C=CCCC1. The second-order valence-electron chi connectivity index (χ2n) is 3.67. The molecule has 0 saturated carbocycles. The molecule has 0 bridgehead atoms. The second-order valence-corrected chi connectivity index (χ2v) is 3.67. The molecule has 0 amide bonds. The summed E-state index contributed by atoms with van der Waals surface area (Å²) >= 11 is 0. The minimum atomic E-state index is 0.125. The summed E-state index contributed by atoms with van der Waals surface area (Å²) in [6.45, 7) is 0. The van der Waals surface area contributed by atoms with Crippen LogP contribution in [0.3, 0.4) is 0 Å². The third kappa shape index (κ3) is 2.46. The van der Waals surface area contributed by atoms with Crippen LogP contribution in [0.4, 0.5) is 0 Å². The van der Waals surface area contributed by atoms with Gasteiger partial charge >= 0.3 is 0 Å². The number of para-hydroxylation sites is 1. The number of ether oxygens (including phenoxy) is 1. The number of hydrogen-bond acceptors (Lipinski definition) is 2. The van der Waals surface area contributed by atoms with Gasteiger partial charge in [-0.3, -0.25) is 4.79 Å². The van der Waals surface area contributed by atoms with Crippen LogP contribution in [0, 0.1) is 0 Å². The first-order valence-corrected chi connectivity index (χ1v) is 5.27.